The summed E-state index contributed by atoms with van der Waals surface area (Å²) in [4.78, 5) is 2.57. The Morgan fingerprint density at radius 1 is 1.00 bits per heavy atom. The van der Waals surface area contributed by atoms with E-state index in [2.05, 4.69) is 31.0 Å². The lowest BCUT2D eigenvalue weighted by Gasteiger charge is -2.44. The highest BCUT2D eigenvalue weighted by Crippen LogP contribution is 2.31. The molecule has 0 amide bonds. The Morgan fingerprint density at radius 2 is 1.63 bits per heavy atom. The van der Waals surface area contributed by atoms with Crippen LogP contribution in [-0.2, 0) is 9.47 Å². The molecular formula is C15H32N2O2. The molecule has 19 heavy (non-hydrogen) atoms. The molecule has 0 spiro atoms. The minimum Gasteiger partial charge on any atom is -0.380 e. The molecule has 1 saturated carbocycles. The van der Waals surface area contributed by atoms with E-state index in [0.717, 1.165) is 64.6 Å². The van der Waals surface area contributed by atoms with Gasteiger partial charge in [0.2, 0.25) is 0 Å². The molecule has 1 fully saturated rings. The van der Waals surface area contributed by atoms with Crippen LogP contribution in [0.15, 0.2) is 0 Å². The molecule has 4 nitrogen and oxygen atoms in total. The Hall–Kier alpha value is -0.160. The summed E-state index contributed by atoms with van der Waals surface area (Å²) in [6, 6.07) is 0.722. The molecule has 0 bridgehead atoms. The normalized spacial score (nSPS) is 22.7. The van der Waals surface area contributed by atoms with Crippen molar-refractivity contribution >= 4 is 0 Å². The van der Waals surface area contributed by atoms with Crippen molar-refractivity contribution < 1.29 is 9.47 Å². The van der Waals surface area contributed by atoms with Crippen molar-refractivity contribution in [2.24, 2.45) is 5.92 Å². The first-order valence-corrected chi connectivity index (χ1v) is 7.93. The van der Waals surface area contributed by atoms with Gasteiger partial charge in [-0.1, -0.05) is 6.92 Å². The van der Waals surface area contributed by atoms with E-state index in [1.807, 2.05) is 0 Å². The van der Waals surface area contributed by atoms with Gasteiger partial charge in [-0.3, -0.25) is 4.90 Å². The van der Waals surface area contributed by atoms with Crippen molar-refractivity contribution in [3.63, 3.8) is 0 Å². The predicted octanol–water partition coefficient (Wildman–Crippen LogP) is 1.75. The van der Waals surface area contributed by atoms with Crippen LogP contribution in [0.5, 0.6) is 0 Å². The van der Waals surface area contributed by atoms with Gasteiger partial charge >= 0.3 is 0 Å². The highest BCUT2D eigenvalue weighted by atomic mass is 16.5. The first kappa shape index (κ1) is 16.9. The van der Waals surface area contributed by atoms with Crippen molar-refractivity contribution in [1.29, 1.82) is 0 Å². The van der Waals surface area contributed by atoms with Gasteiger partial charge in [0.15, 0.2) is 0 Å². The van der Waals surface area contributed by atoms with Gasteiger partial charge < -0.3 is 14.8 Å². The molecule has 1 N–H and O–H groups in total. The smallest absolute Gasteiger partial charge is 0.0593 e. The fourth-order valence-electron chi connectivity index (χ4n) is 2.70. The van der Waals surface area contributed by atoms with Crippen LogP contribution in [0.1, 0.15) is 33.6 Å². The van der Waals surface area contributed by atoms with Gasteiger partial charge in [-0.2, -0.15) is 0 Å². The number of hydrogen-bond donors (Lipinski definition) is 1. The number of nitrogens with one attached hydrogen (secondary N) is 1. The van der Waals surface area contributed by atoms with E-state index >= 15 is 0 Å². The lowest BCUT2D eigenvalue weighted by Crippen LogP contribution is -2.52. The van der Waals surface area contributed by atoms with Crippen LogP contribution >= 0.6 is 0 Å². The van der Waals surface area contributed by atoms with Crippen molar-refractivity contribution in [1.82, 2.24) is 10.2 Å². The molecule has 1 rings (SSSR count). The molecule has 1 aliphatic carbocycles. The zero-order valence-electron chi connectivity index (χ0n) is 13.0. The largest absolute Gasteiger partial charge is 0.380 e. The Balaban J connectivity index is 2.33. The standard InChI is InChI=1S/C15H32N2O2/c1-4-16-13-14-7-8-15(14)17(9-11-18-5-2)10-12-19-6-3/h14-16H,4-13H2,1-3H3. The van der Waals surface area contributed by atoms with Crippen LogP contribution in [0.3, 0.4) is 0 Å². The fourth-order valence-corrected chi connectivity index (χ4v) is 2.70. The van der Waals surface area contributed by atoms with Crippen molar-refractivity contribution in [3.8, 4) is 0 Å². The molecule has 0 heterocycles. The van der Waals surface area contributed by atoms with Gasteiger partial charge in [0, 0.05) is 32.3 Å². The van der Waals surface area contributed by atoms with Gasteiger partial charge in [0.05, 0.1) is 13.2 Å². The molecule has 0 aromatic heterocycles. The second-order valence-corrected chi connectivity index (χ2v) is 5.14. The molecule has 0 radical (unpaired) electrons. The van der Waals surface area contributed by atoms with E-state index in [1.165, 1.54) is 12.8 Å². The second-order valence-electron chi connectivity index (χ2n) is 5.14. The molecule has 4 heteroatoms. The topological polar surface area (TPSA) is 33.7 Å². The third-order valence-corrected chi connectivity index (χ3v) is 3.96. The van der Waals surface area contributed by atoms with Crippen molar-refractivity contribution in [2.75, 3.05) is 52.6 Å². The van der Waals surface area contributed by atoms with Crippen LogP contribution in [0, 0.1) is 5.92 Å². The summed E-state index contributed by atoms with van der Waals surface area (Å²) in [6.07, 6.45) is 2.69. The quantitative estimate of drug-likeness (QED) is 0.549. The molecule has 0 aliphatic heterocycles. The third-order valence-electron chi connectivity index (χ3n) is 3.96. The molecule has 1 aliphatic rings. The maximum Gasteiger partial charge on any atom is 0.0593 e. The summed E-state index contributed by atoms with van der Waals surface area (Å²) in [5.41, 5.74) is 0. The van der Waals surface area contributed by atoms with Crippen LogP contribution in [0.25, 0.3) is 0 Å². The summed E-state index contributed by atoms with van der Waals surface area (Å²) < 4.78 is 11.0. The van der Waals surface area contributed by atoms with Gasteiger partial charge in [-0.25, -0.2) is 0 Å². The number of hydrogen-bond acceptors (Lipinski definition) is 4. The zero-order chi connectivity index (χ0) is 13.9. The summed E-state index contributed by atoms with van der Waals surface area (Å²) in [5.74, 6) is 0.809. The average molecular weight is 272 g/mol. The Kier molecular flexibility index (Phi) is 9.43. The minimum atomic E-state index is 0.722. The maximum atomic E-state index is 5.51. The van der Waals surface area contributed by atoms with Crippen molar-refractivity contribution in [2.45, 2.75) is 39.7 Å². The lowest BCUT2D eigenvalue weighted by atomic mass is 9.78. The van der Waals surface area contributed by atoms with Gasteiger partial charge in [-0.05, 0) is 45.7 Å². The monoisotopic (exact) mass is 272 g/mol. The third kappa shape index (κ3) is 6.21. The molecule has 0 aromatic carbocycles. The van der Waals surface area contributed by atoms with E-state index < -0.39 is 0 Å². The van der Waals surface area contributed by atoms with Crippen LogP contribution < -0.4 is 5.32 Å². The summed E-state index contributed by atoms with van der Waals surface area (Å²) in [5, 5.41) is 3.48. The lowest BCUT2D eigenvalue weighted by molar-refractivity contribution is 0.0120. The fraction of sp³-hybridized carbons (Fsp3) is 1.00. The molecule has 0 saturated heterocycles. The van der Waals surface area contributed by atoms with E-state index in [0.29, 0.717) is 0 Å². The van der Waals surface area contributed by atoms with Crippen LogP contribution in [0.4, 0.5) is 0 Å². The van der Waals surface area contributed by atoms with Crippen molar-refractivity contribution in [3.05, 3.63) is 0 Å². The minimum absolute atomic E-state index is 0.722. The number of ether oxygens (including phenoxy) is 2. The van der Waals surface area contributed by atoms with E-state index in [1.54, 1.807) is 0 Å². The highest BCUT2D eigenvalue weighted by molar-refractivity contribution is 4.90. The predicted molar refractivity (Wildman–Crippen MR) is 79.6 cm³/mol. The van der Waals surface area contributed by atoms with E-state index in [9.17, 15) is 0 Å². The average Bonchev–Trinajstić information content (AvgIpc) is 2.38. The number of rotatable bonds is 12. The first-order chi connectivity index (χ1) is 9.33. The molecule has 0 aromatic rings. The molecular weight excluding hydrogens is 240 g/mol. The van der Waals surface area contributed by atoms with Gasteiger partial charge in [-0.15, -0.1) is 0 Å². The Morgan fingerprint density at radius 3 is 2.05 bits per heavy atom. The SMILES string of the molecule is CCNCC1CCC1N(CCOCC)CCOCC. The second kappa shape index (κ2) is 10.6. The summed E-state index contributed by atoms with van der Waals surface area (Å²) in [7, 11) is 0. The first-order valence-electron chi connectivity index (χ1n) is 7.93. The van der Waals surface area contributed by atoms with Gasteiger partial charge in [0.25, 0.3) is 0 Å². The Bertz CT molecular complexity index is 204. The maximum absolute atomic E-state index is 5.51. The van der Waals surface area contributed by atoms with Crippen LogP contribution in [-0.4, -0.2) is 63.5 Å². The van der Waals surface area contributed by atoms with E-state index in [-0.39, 0.29) is 0 Å². The Labute approximate surface area is 118 Å². The van der Waals surface area contributed by atoms with Crippen LogP contribution in [0.2, 0.25) is 0 Å². The highest BCUT2D eigenvalue weighted by Gasteiger charge is 2.34. The summed E-state index contributed by atoms with van der Waals surface area (Å²) in [6.45, 7) is 13.9. The van der Waals surface area contributed by atoms with E-state index in [4.69, 9.17) is 9.47 Å². The number of nitrogens with zero attached hydrogens (tertiary/aromatic N) is 1. The van der Waals surface area contributed by atoms with Gasteiger partial charge in [0.1, 0.15) is 0 Å². The summed E-state index contributed by atoms with van der Waals surface area (Å²) >= 11 is 0. The molecule has 114 valence electrons. The zero-order valence-corrected chi connectivity index (χ0v) is 13.0. The molecule has 2 unspecified atom stereocenters. The molecule has 2 atom stereocenters.